The summed E-state index contributed by atoms with van der Waals surface area (Å²) in [6, 6.07) is 10.2. The number of thiazole rings is 1. The standard InChI is InChI=1S/C25H21FN2O4S/c1-4-11-31-17-8-5-15(6-9-17)21-20-22(29)18-12-16(26)7-10-19(18)32-23(20)24(30)28(21)25-27-13(2)14(3)33-25/h5-10,12,21H,4,11H2,1-3H3/t21-/m1/s1. The third kappa shape index (κ3) is 3.51. The Labute approximate surface area is 193 Å². The van der Waals surface area contributed by atoms with Crippen LogP contribution in [0, 0.1) is 19.7 Å². The van der Waals surface area contributed by atoms with E-state index < -0.39 is 23.2 Å². The van der Waals surface area contributed by atoms with Gasteiger partial charge in [-0.1, -0.05) is 19.1 Å². The summed E-state index contributed by atoms with van der Waals surface area (Å²) in [5, 5.41) is 0.579. The van der Waals surface area contributed by atoms with Gasteiger partial charge in [-0.2, -0.15) is 0 Å². The molecule has 8 heteroatoms. The van der Waals surface area contributed by atoms with Crippen molar-refractivity contribution >= 4 is 33.3 Å². The molecule has 5 rings (SSSR count). The minimum Gasteiger partial charge on any atom is -0.494 e. The predicted octanol–water partition coefficient (Wildman–Crippen LogP) is 5.54. The molecule has 0 radical (unpaired) electrons. The Morgan fingerprint density at radius 2 is 1.91 bits per heavy atom. The Bertz CT molecular complexity index is 1420. The number of carbonyl (C=O) groups is 1. The number of anilines is 1. The first kappa shape index (κ1) is 21.3. The van der Waals surface area contributed by atoms with Crippen molar-refractivity contribution in [3.63, 3.8) is 0 Å². The van der Waals surface area contributed by atoms with Gasteiger partial charge in [-0.25, -0.2) is 9.37 Å². The molecule has 4 aromatic rings. The van der Waals surface area contributed by atoms with Crippen molar-refractivity contribution < 1.29 is 18.3 Å². The number of aryl methyl sites for hydroxylation is 2. The van der Waals surface area contributed by atoms with E-state index in [0.29, 0.717) is 23.1 Å². The van der Waals surface area contributed by atoms with E-state index in [9.17, 15) is 14.0 Å². The van der Waals surface area contributed by atoms with E-state index in [0.717, 1.165) is 23.1 Å². The van der Waals surface area contributed by atoms with Crippen LogP contribution in [0.1, 0.15) is 51.6 Å². The van der Waals surface area contributed by atoms with Crippen LogP contribution in [0.5, 0.6) is 5.75 Å². The molecule has 1 aliphatic heterocycles. The fourth-order valence-electron chi connectivity index (χ4n) is 3.98. The monoisotopic (exact) mass is 464 g/mol. The molecule has 0 saturated carbocycles. The Kier molecular flexibility index (Phi) is 5.25. The molecule has 2 aromatic heterocycles. The minimum atomic E-state index is -0.749. The van der Waals surface area contributed by atoms with Crippen LogP contribution in [0.25, 0.3) is 11.0 Å². The fourth-order valence-corrected chi connectivity index (χ4v) is 4.92. The number of amides is 1. The molecule has 0 unspecified atom stereocenters. The van der Waals surface area contributed by atoms with Gasteiger partial charge in [0.05, 0.1) is 29.3 Å². The van der Waals surface area contributed by atoms with Gasteiger partial charge in [0.1, 0.15) is 17.1 Å². The number of fused-ring (bicyclic) bond motifs is 2. The summed E-state index contributed by atoms with van der Waals surface area (Å²) in [4.78, 5) is 34.1. The molecule has 168 valence electrons. The number of hydrogen-bond acceptors (Lipinski definition) is 6. The maximum Gasteiger partial charge on any atom is 0.297 e. The summed E-state index contributed by atoms with van der Waals surface area (Å²) >= 11 is 1.38. The number of carbonyl (C=O) groups excluding carboxylic acids is 1. The van der Waals surface area contributed by atoms with Crippen LogP contribution in [-0.2, 0) is 0 Å². The first-order chi connectivity index (χ1) is 15.9. The van der Waals surface area contributed by atoms with Crippen LogP contribution in [0.3, 0.4) is 0 Å². The maximum absolute atomic E-state index is 13.9. The summed E-state index contributed by atoms with van der Waals surface area (Å²) in [5.74, 6) is -0.333. The zero-order chi connectivity index (χ0) is 23.3. The van der Waals surface area contributed by atoms with Gasteiger partial charge in [-0.15, -0.1) is 11.3 Å². The molecule has 1 aliphatic rings. The lowest BCUT2D eigenvalue weighted by molar-refractivity contribution is 0.0971. The number of benzene rings is 2. The van der Waals surface area contributed by atoms with E-state index in [1.807, 2.05) is 45.0 Å². The second kappa shape index (κ2) is 8.12. The summed E-state index contributed by atoms with van der Waals surface area (Å²) in [7, 11) is 0. The van der Waals surface area contributed by atoms with E-state index in [1.54, 1.807) is 0 Å². The van der Waals surface area contributed by atoms with Crippen molar-refractivity contribution in [3.8, 4) is 5.75 Å². The van der Waals surface area contributed by atoms with Crippen molar-refractivity contribution in [1.29, 1.82) is 0 Å². The lowest BCUT2D eigenvalue weighted by Gasteiger charge is -2.22. The Morgan fingerprint density at radius 3 is 2.58 bits per heavy atom. The number of hydrogen-bond donors (Lipinski definition) is 0. The molecule has 6 nitrogen and oxygen atoms in total. The maximum atomic E-state index is 13.9. The predicted molar refractivity (Wildman–Crippen MR) is 125 cm³/mol. The van der Waals surface area contributed by atoms with Crippen LogP contribution in [0.15, 0.2) is 51.7 Å². The highest BCUT2D eigenvalue weighted by molar-refractivity contribution is 7.15. The Balaban J connectivity index is 1.72. The van der Waals surface area contributed by atoms with Gasteiger partial charge >= 0.3 is 0 Å². The number of halogens is 1. The molecule has 0 fully saturated rings. The lowest BCUT2D eigenvalue weighted by Crippen LogP contribution is -2.29. The molecule has 0 N–H and O–H groups in total. The lowest BCUT2D eigenvalue weighted by atomic mass is 9.98. The topological polar surface area (TPSA) is 72.6 Å². The van der Waals surface area contributed by atoms with E-state index in [1.165, 1.54) is 28.4 Å². The molecule has 1 amide bonds. The molecule has 0 spiro atoms. The summed E-state index contributed by atoms with van der Waals surface area (Å²) in [5.41, 5.74) is 1.45. The third-order valence-corrected chi connectivity index (χ3v) is 6.80. The summed E-state index contributed by atoms with van der Waals surface area (Å²) in [6.07, 6.45) is 0.882. The van der Waals surface area contributed by atoms with Gasteiger partial charge in [0.15, 0.2) is 10.6 Å². The molecule has 3 heterocycles. The first-order valence-corrected chi connectivity index (χ1v) is 11.5. The number of aromatic nitrogens is 1. The highest BCUT2D eigenvalue weighted by Gasteiger charge is 2.45. The van der Waals surface area contributed by atoms with Crippen LogP contribution in [-0.4, -0.2) is 17.5 Å². The molecule has 2 aromatic carbocycles. The van der Waals surface area contributed by atoms with Crippen LogP contribution >= 0.6 is 11.3 Å². The molecular formula is C25H21FN2O4S. The molecular weight excluding hydrogens is 443 g/mol. The van der Waals surface area contributed by atoms with Gasteiger partial charge in [0.2, 0.25) is 5.76 Å². The average Bonchev–Trinajstić information content (AvgIpc) is 3.29. The smallest absolute Gasteiger partial charge is 0.297 e. The van der Waals surface area contributed by atoms with Crippen LogP contribution in [0.4, 0.5) is 9.52 Å². The van der Waals surface area contributed by atoms with Crippen LogP contribution in [0.2, 0.25) is 0 Å². The second-order valence-electron chi connectivity index (χ2n) is 7.95. The largest absolute Gasteiger partial charge is 0.494 e. The Hall–Kier alpha value is -3.52. The quantitative estimate of drug-likeness (QED) is 0.388. The Morgan fingerprint density at radius 1 is 1.15 bits per heavy atom. The number of rotatable bonds is 5. The summed E-state index contributed by atoms with van der Waals surface area (Å²) in [6.45, 7) is 6.42. The van der Waals surface area contributed by atoms with Crippen LogP contribution < -0.4 is 15.1 Å². The highest BCUT2D eigenvalue weighted by atomic mass is 32.1. The van der Waals surface area contributed by atoms with E-state index in [2.05, 4.69) is 4.98 Å². The molecule has 0 bridgehead atoms. The molecule has 33 heavy (non-hydrogen) atoms. The van der Waals surface area contributed by atoms with Crippen molar-refractivity contribution in [3.05, 3.63) is 86.0 Å². The minimum absolute atomic E-state index is 0.0408. The molecule has 0 aliphatic carbocycles. The van der Waals surface area contributed by atoms with E-state index >= 15 is 0 Å². The van der Waals surface area contributed by atoms with E-state index in [4.69, 9.17) is 9.15 Å². The zero-order valence-electron chi connectivity index (χ0n) is 18.3. The average molecular weight is 465 g/mol. The fraction of sp³-hybridized carbons (Fsp3) is 0.240. The van der Waals surface area contributed by atoms with Gasteiger partial charge in [0.25, 0.3) is 5.91 Å². The van der Waals surface area contributed by atoms with Gasteiger partial charge < -0.3 is 9.15 Å². The first-order valence-electron chi connectivity index (χ1n) is 10.7. The van der Waals surface area contributed by atoms with Gasteiger partial charge in [-0.05, 0) is 56.2 Å². The van der Waals surface area contributed by atoms with Crippen molar-refractivity contribution in [2.45, 2.75) is 33.2 Å². The van der Waals surface area contributed by atoms with Crippen molar-refractivity contribution in [1.82, 2.24) is 4.98 Å². The summed E-state index contributed by atoms with van der Waals surface area (Å²) < 4.78 is 25.5. The van der Waals surface area contributed by atoms with Crippen molar-refractivity contribution in [2.24, 2.45) is 0 Å². The zero-order valence-corrected chi connectivity index (χ0v) is 19.2. The third-order valence-electron chi connectivity index (χ3n) is 5.72. The van der Waals surface area contributed by atoms with E-state index in [-0.39, 0.29) is 22.3 Å². The van der Waals surface area contributed by atoms with Crippen molar-refractivity contribution in [2.75, 3.05) is 11.5 Å². The van der Waals surface area contributed by atoms with Gasteiger partial charge in [-0.3, -0.25) is 14.5 Å². The number of ether oxygens (including phenoxy) is 1. The number of nitrogens with zero attached hydrogens (tertiary/aromatic N) is 2. The normalized spacial score (nSPS) is 15.3. The molecule has 1 atom stereocenters. The van der Waals surface area contributed by atoms with Gasteiger partial charge in [0, 0.05) is 4.88 Å². The second-order valence-corrected chi connectivity index (χ2v) is 9.13. The highest BCUT2D eigenvalue weighted by Crippen LogP contribution is 2.43. The SMILES string of the molecule is CCCOc1ccc([C@@H]2c3c(oc4ccc(F)cc4c3=O)C(=O)N2c2nc(C)c(C)s2)cc1. The molecule has 0 saturated heterocycles.